The predicted molar refractivity (Wildman–Crippen MR) is 127 cm³/mol. The standard InChI is InChI=1S/C26H24N2O2S/c1-18(29)21-7-3-6-20(15-21)17-26-27-14-13-24(28-26)25-12-11-23(31-25)10-9-19-5-4-8-22(16-19)30-2/h3-16,18,29H,17H2,1-2H3. The highest BCUT2D eigenvalue weighted by atomic mass is 32.1. The van der Waals surface area contributed by atoms with Crippen LogP contribution in [0.25, 0.3) is 22.7 Å². The first kappa shape index (κ1) is 21.0. The molecular weight excluding hydrogens is 404 g/mol. The second-order valence-corrected chi connectivity index (χ2v) is 8.38. The predicted octanol–water partition coefficient (Wildman–Crippen LogP) is 6.03. The van der Waals surface area contributed by atoms with Crippen LogP contribution in [0.1, 0.15) is 40.4 Å². The summed E-state index contributed by atoms with van der Waals surface area (Å²) >= 11 is 1.70. The highest BCUT2D eigenvalue weighted by molar-refractivity contribution is 7.16. The van der Waals surface area contributed by atoms with E-state index in [1.54, 1.807) is 25.4 Å². The fourth-order valence-electron chi connectivity index (χ4n) is 3.27. The van der Waals surface area contributed by atoms with Gasteiger partial charge >= 0.3 is 0 Å². The molecule has 1 atom stereocenters. The summed E-state index contributed by atoms with van der Waals surface area (Å²) in [7, 11) is 1.67. The van der Waals surface area contributed by atoms with Crippen molar-refractivity contribution >= 4 is 23.5 Å². The Labute approximate surface area is 186 Å². The van der Waals surface area contributed by atoms with Crippen LogP contribution in [0.3, 0.4) is 0 Å². The molecule has 5 heteroatoms. The van der Waals surface area contributed by atoms with Crippen molar-refractivity contribution in [3.8, 4) is 16.3 Å². The Morgan fingerprint density at radius 2 is 1.90 bits per heavy atom. The summed E-state index contributed by atoms with van der Waals surface area (Å²) in [6.07, 6.45) is 6.14. The summed E-state index contributed by atoms with van der Waals surface area (Å²) in [4.78, 5) is 11.5. The SMILES string of the molecule is COc1cccc(C=Cc2ccc(-c3ccnc(Cc4cccc(C(C)O)c4)n3)s2)c1. The molecule has 1 N–H and O–H groups in total. The van der Waals surface area contributed by atoms with Crippen LogP contribution < -0.4 is 4.74 Å². The first-order valence-corrected chi connectivity index (χ1v) is 10.9. The lowest BCUT2D eigenvalue weighted by atomic mass is 10.0. The number of benzene rings is 2. The minimum Gasteiger partial charge on any atom is -0.497 e. The van der Waals surface area contributed by atoms with E-state index in [2.05, 4.69) is 35.3 Å². The molecule has 2 aromatic heterocycles. The Hall–Kier alpha value is -3.28. The van der Waals surface area contributed by atoms with Crippen molar-refractivity contribution in [1.82, 2.24) is 9.97 Å². The molecule has 156 valence electrons. The van der Waals surface area contributed by atoms with E-state index < -0.39 is 6.10 Å². The second kappa shape index (κ2) is 9.69. The summed E-state index contributed by atoms with van der Waals surface area (Å²) in [5.41, 5.74) is 4.00. The van der Waals surface area contributed by atoms with Gasteiger partial charge in [-0.1, -0.05) is 42.5 Å². The van der Waals surface area contributed by atoms with Gasteiger partial charge in [0.25, 0.3) is 0 Å². The molecule has 0 amide bonds. The van der Waals surface area contributed by atoms with Crippen LogP contribution in [0, 0.1) is 0 Å². The maximum absolute atomic E-state index is 9.81. The Morgan fingerprint density at radius 3 is 2.74 bits per heavy atom. The average molecular weight is 429 g/mol. The van der Waals surface area contributed by atoms with Gasteiger partial charge in [-0.3, -0.25) is 0 Å². The zero-order valence-electron chi connectivity index (χ0n) is 17.5. The third-order valence-electron chi connectivity index (χ3n) is 4.91. The Kier molecular flexibility index (Phi) is 6.55. The lowest BCUT2D eigenvalue weighted by molar-refractivity contribution is 0.199. The molecule has 4 rings (SSSR count). The quantitative estimate of drug-likeness (QED) is 0.391. The van der Waals surface area contributed by atoms with E-state index in [0.717, 1.165) is 43.7 Å². The number of aliphatic hydroxyl groups excluding tert-OH is 1. The molecule has 0 radical (unpaired) electrons. The van der Waals surface area contributed by atoms with Gasteiger partial charge in [0.15, 0.2) is 0 Å². The van der Waals surface area contributed by atoms with Crippen molar-refractivity contribution in [2.75, 3.05) is 7.11 Å². The molecule has 31 heavy (non-hydrogen) atoms. The number of ether oxygens (including phenoxy) is 1. The largest absolute Gasteiger partial charge is 0.497 e. The minimum atomic E-state index is -0.484. The van der Waals surface area contributed by atoms with Crippen LogP contribution in [0.5, 0.6) is 5.75 Å². The molecule has 0 bridgehead atoms. The van der Waals surface area contributed by atoms with Crippen molar-refractivity contribution in [3.63, 3.8) is 0 Å². The van der Waals surface area contributed by atoms with E-state index in [4.69, 9.17) is 9.72 Å². The summed E-state index contributed by atoms with van der Waals surface area (Å²) in [6.45, 7) is 1.77. The van der Waals surface area contributed by atoms with E-state index in [1.165, 1.54) is 0 Å². The van der Waals surface area contributed by atoms with Gasteiger partial charge in [-0.05, 0) is 60.0 Å². The van der Waals surface area contributed by atoms with Crippen molar-refractivity contribution in [1.29, 1.82) is 0 Å². The molecule has 0 fully saturated rings. The number of hydrogen-bond donors (Lipinski definition) is 1. The normalized spacial score (nSPS) is 12.2. The van der Waals surface area contributed by atoms with E-state index in [9.17, 15) is 5.11 Å². The van der Waals surface area contributed by atoms with Crippen LogP contribution in [-0.2, 0) is 6.42 Å². The third-order valence-corrected chi connectivity index (χ3v) is 5.99. The fraction of sp³-hybridized carbons (Fsp3) is 0.154. The lowest BCUT2D eigenvalue weighted by Crippen LogP contribution is -1.99. The van der Waals surface area contributed by atoms with Gasteiger partial charge in [0.1, 0.15) is 11.6 Å². The molecule has 2 heterocycles. The molecule has 2 aromatic carbocycles. The topological polar surface area (TPSA) is 55.2 Å². The molecule has 0 aliphatic heterocycles. The van der Waals surface area contributed by atoms with Crippen LogP contribution in [-0.4, -0.2) is 22.2 Å². The number of aromatic nitrogens is 2. The second-order valence-electron chi connectivity index (χ2n) is 7.27. The first-order valence-electron chi connectivity index (χ1n) is 10.1. The van der Waals surface area contributed by atoms with Gasteiger partial charge in [0, 0.05) is 17.5 Å². The van der Waals surface area contributed by atoms with Crippen molar-refractivity contribution in [2.45, 2.75) is 19.4 Å². The highest BCUT2D eigenvalue weighted by Gasteiger charge is 2.08. The number of hydrogen-bond acceptors (Lipinski definition) is 5. The van der Waals surface area contributed by atoms with Crippen LogP contribution in [0.2, 0.25) is 0 Å². The zero-order chi connectivity index (χ0) is 21.6. The average Bonchev–Trinajstić information content (AvgIpc) is 3.27. The maximum Gasteiger partial charge on any atom is 0.133 e. The fourth-order valence-corrected chi connectivity index (χ4v) is 4.15. The maximum atomic E-state index is 9.81. The van der Waals surface area contributed by atoms with Crippen molar-refractivity contribution in [3.05, 3.63) is 100 Å². The molecule has 4 nitrogen and oxygen atoms in total. The van der Waals surface area contributed by atoms with Gasteiger partial charge in [-0.15, -0.1) is 11.3 Å². The van der Waals surface area contributed by atoms with Crippen LogP contribution >= 0.6 is 11.3 Å². The van der Waals surface area contributed by atoms with Gasteiger partial charge < -0.3 is 9.84 Å². The van der Waals surface area contributed by atoms with E-state index in [1.807, 2.05) is 54.7 Å². The molecule has 4 aromatic rings. The van der Waals surface area contributed by atoms with Gasteiger partial charge in [-0.25, -0.2) is 9.97 Å². The van der Waals surface area contributed by atoms with Crippen LogP contribution in [0.4, 0.5) is 0 Å². The minimum absolute atomic E-state index is 0.484. The van der Waals surface area contributed by atoms with Crippen molar-refractivity contribution < 1.29 is 9.84 Å². The Bertz CT molecular complexity index is 1200. The van der Waals surface area contributed by atoms with Gasteiger partial charge in [-0.2, -0.15) is 0 Å². The molecule has 0 spiro atoms. The van der Waals surface area contributed by atoms with E-state index >= 15 is 0 Å². The number of aliphatic hydroxyl groups is 1. The van der Waals surface area contributed by atoms with E-state index in [-0.39, 0.29) is 0 Å². The molecule has 0 aliphatic carbocycles. The number of nitrogens with zero attached hydrogens (tertiary/aromatic N) is 2. The molecule has 0 saturated carbocycles. The Balaban J connectivity index is 1.50. The number of thiophene rings is 1. The molecule has 0 saturated heterocycles. The lowest BCUT2D eigenvalue weighted by Gasteiger charge is -2.07. The molecular formula is C26H24N2O2S. The summed E-state index contributed by atoms with van der Waals surface area (Å²) in [5, 5.41) is 9.81. The molecule has 1 unspecified atom stereocenters. The monoisotopic (exact) mass is 428 g/mol. The number of rotatable bonds is 7. The highest BCUT2D eigenvalue weighted by Crippen LogP contribution is 2.28. The van der Waals surface area contributed by atoms with Gasteiger partial charge in [0.05, 0.1) is 23.8 Å². The molecule has 0 aliphatic rings. The summed E-state index contributed by atoms with van der Waals surface area (Å²) in [5.74, 6) is 1.61. The van der Waals surface area contributed by atoms with Crippen molar-refractivity contribution in [2.24, 2.45) is 0 Å². The summed E-state index contributed by atoms with van der Waals surface area (Å²) < 4.78 is 5.28. The smallest absolute Gasteiger partial charge is 0.133 e. The first-order chi connectivity index (χ1) is 15.1. The van der Waals surface area contributed by atoms with E-state index in [0.29, 0.717) is 6.42 Å². The number of methoxy groups -OCH3 is 1. The third kappa shape index (κ3) is 5.45. The summed E-state index contributed by atoms with van der Waals surface area (Å²) in [6, 6.07) is 22.1. The zero-order valence-corrected chi connectivity index (χ0v) is 18.3. The Morgan fingerprint density at radius 1 is 1.03 bits per heavy atom. The van der Waals surface area contributed by atoms with Gasteiger partial charge in [0.2, 0.25) is 0 Å². The van der Waals surface area contributed by atoms with Crippen LogP contribution in [0.15, 0.2) is 72.9 Å².